The SMILES string of the molecule is CN(C)C[C@H](O)c1cc2n(n1)CCN(Cc1noc(C(=O)N(C)C)n1)C2. The van der Waals surface area contributed by atoms with Crippen molar-refractivity contribution in [3.63, 3.8) is 0 Å². The third-order valence-corrected chi connectivity index (χ3v) is 4.20. The molecule has 0 unspecified atom stereocenters. The van der Waals surface area contributed by atoms with Crippen LogP contribution in [-0.4, -0.2) is 86.9 Å². The number of fused-ring (bicyclic) bond motifs is 1. The summed E-state index contributed by atoms with van der Waals surface area (Å²) >= 11 is 0. The first-order chi connectivity index (χ1) is 12.3. The summed E-state index contributed by atoms with van der Waals surface area (Å²) in [6, 6.07) is 1.94. The standard InChI is InChI=1S/C16H25N7O3/c1-20(2)9-13(24)12-7-11-8-22(5-6-23(11)18-12)10-14-17-15(26-19-14)16(25)21(3)4/h7,13,24H,5-6,8-10H2,1-4H3/t13-/m0/s1. The Balaban J connectivity index is 1.64. The number of aliphatic hydroxyl groups excluding tert-OH is 1. The summed E-state index contributed by atoms with van der Waals surface area (Å²) in [6.07, 6.45) is -0.603. The van der Waals surface area contributed by atoms with E-state index in [1.165, 1.54) is 4.90 Å². The Labute approximate surface area is 152 Å². The summed E-state index contributed by atoms with van der Waals surface area (Å²) in [5.74, 6) is 0.178. The molecule has 2 aromatic heterocycles. The van der Waals surface area contributed by atoms with Crippen molar-refractivity contribution in [1.82, 2.24) is 34.6 Å². The first-order valence-electron chi connectivity index (χ1n) is 8.49. The van der Waals surface area contributed by atoms with Gasteiger partial charge in [0, 0.05) is 33.7 Å². The molecule has 0 saturated carbocycles. The number of amides is 1. The average Bonchev–Trinajstić information content (AvgIpc) is 3.19. The first kappa shape index (κ1) is 18.5. The van der Waals surface area contributed by atoms with Crippen LogP contribution < -0.4 is 0 Å². The maximum absolute atomic E-state index is 11.8. The molecule has 0 aromatic carbocycles. The van der Waals surface area contributed by atoms with E-state index in [2.05, 4.69) is 20.1 Å². The molecule has 10 heteroatoms. The smallest absolute Gasteiger partial charge is 0.316 e. The molecule has 1 amide bonds. The predicted octanol–water partition coefficient (Wildman–Crippen LogP) is -0.421. The van der Waals surface area contributed by atoms with Gasteiger partial charge >= 0.3 is 11.8 Å². The van der Waals surface area contributed by atoms with Gasteiger partial charge in [0.05, 0.1) is 24.5 Å². The van der Waals surface area contributed by atoms with Gasteiger partial charge in [-0.05, 0) is 20.2 Å². The largest absolute Gasteiger partial charge is 0.385 e. The van der Waals surface area contributed by atoms with Crippen molar-refractivity contribution >= 4 is 5.91 Å². The zero-order valence-corrected chi connectivity index (χ0v) is 15.6. The van der Waals surface area contributed by atoms with Crippen molar-refractivity contribution in [3.05, 3.63) is 29.2 Å². The summed E-state index contributed by atoms with van der Waals surface area (Å²) in [5.41, 5.74) is 1.73. The average molecular weight is 363 g/mol. The first-order valence-corrected chi connectivity index (χ1v) is 8.49. The van der Waals surface area contributed by atoms with Gasteiger partial charge in [0.2, 0.25) is 0 Å². The maximum atomic E-state index is 11.8. The number of hydrogen-bond donors (Lipinski definition) is 1. The van der Waals surface area contributed by atoms with Crippen molar-refractivity contribution in [2.24, 2.45) is 0 Å². The Morgan fingerprint density at radius 3 is 2.81 bits per heavy atom. The minimum absolute atomic E-state index is 0.00106. The van der Waals surface area contributed by atoms with Gasteiger partial charge in [0.15, 0.2) is 5.82 Å². The van der Waals surface area contributed by atoms with Crippen LogP contribution >= 0.6 is 0 Å². The van der Waals surface area contributed by atoms with Gasteiger partial charge in [-0.25, -0.2) is 0 Å². The van der Waals surface area contributed by atoms with Crippen molar-refractivity contribution in [1.29, 1.82) is 0 Å². The van der Waals surface area contributed by atoms with Crippen molar-refractivity contribution in [3.8, 4) is 0 Å². The van der Waals surface area contributed by atoms with Gasteiger partial charge in [0.1, 0.15) is 6.10 Å². The molecule has 2 aromatic rings. The quantitative estimate of drug-likeness (QED) is 0.738. The van der Waals surface area contributed by atoms with Gasteiger partial charge in [-0.15, -0.1) is 0 Å². The van der Waals surface area contributed by atoms with Crippen LogP contribution in [0.5, 0.6) is 0 Å². The molecule has 0 fully saturated rings. The van der Waals surface area contributed by atoms with Gasteiger partial charge in [-0.3, -0.25) is 14.4 Å². The van der Waals surface area contributed by atoms with E-state index in [9.17, 15) is 9.90 Å². The number of nitrogens with zero attached hydrogens (tertiary/aromatic N) is 7. The molecule has 0 saturated heterocycles. The fourth-order valence-corrected chi connectivity index (χ4v) is 2.88. The molecule has 1 N–H and O–H groups in total. The molecule has 3 heterocycles. The molecular formula is C16H25N7O3. The molecule has 0 bridgehead atoms. The Morgan fingerprint density at radius 1 is 1.35 bits per heavy atom. The summed E-state index contributed by atoms with van der Waals surface area (Å²) in [5, 5.41) is 18.6. The predicted molar refractivity (Wildman–Crippen MR) is 92.2 cm³/mol. The highest BCUT2D eigenvalue weighted by molar-refractivity contribution is 5.89. The minimum Gasteiger partial charge on any atom is -0.385 e. The van der Waals surface area contributed by atoms with Crippen LogP contribution in [0.1, 0.15) is 34.0 Å². The van der Waals surface area contributed by atoms with Gasteiger partial charge < -0.3 is 19.4 Å². The lowest BCUT2D eigenvalue weighted by molar-refractivity contribution is 0.0779. The van der Waals surface area contributed by atoms with Gasteiger partial charge in [0.25, 0.3) is 0 Å². The minimum atomic E-state index is -0.603. The van der Waals surface area contributed by atoms with Crippen LogP contribution in [-0.2, 0) is 19.6 Å². The van der Waals surface area contributed by atoms with Crippen LogP contribution in [0, 0.1) is 0 Å². The van der Waals surface area contributed by atoms with Gasteiger partial charge in [-0.1, -0.05) is 5.16 Å². The van der Waals surface area contributed by atoms with Crippen molar-refractivity contribution < 1.29 is 14.4 Å². The second-order valence-corrected chi connectivity index (χ2v) is 6.99. The molecule has 10 nitrogen and oxygen atoms in total. The Bertz CT molecular complexity index is 768. The zero-order chi connectivity index (χ0) is 18.8. The number of hydrogen-bond acceptors (Lipinski definition) is 8. The molecule has 1 aliphatic heterocycles. The lowest BCUT2D eigenvalue weighted by Gasteiger charge is -2.26. The van der Waals surface area contributed by atoms with E-state index >= 15 is 0 Å². The number of rotatable bonds is 6. The second kappa shape index (κ2) is 7.52. The summed E-state index contributed by atoms with van der Waals surface area (Å²) in [7, 11) is 7.11. The molecule has 3 rings (SSSR count). The van der Waals surface area contributed by atoms with Crippen LogP contribution in [0.15, 0.2) is 10.6 Å². The van der Waals surface area contributed by atoms with Crippen LogP contribution in [0.25, 0.3) is 0 Å². The monoisotopic (exact) mass is 363 g/mol. The number of aliphatic hydroxyl groups is 1. The highest BCUT2D eigenvalue weighted by Gasteiger charge is 2.23. The molecule has 1 aliphatic rings. The van der Waals surface area contributed by atoms with E-state index in [0.29, 0.717) is 31.2 Å². The molecule has 0 aliphatic carbocycles. The topological polar surface area (TPSA) is 104 Å². The molecular weight excluding hydrogens is 338 g/mol. The van der Waals surface area contributed by atoms with E-state index in [1.54, 1.807) is 14.1 Å². The Hall–Kier alpha value is -2.30. The highest BCUT2D eigenvalue weighted by atomic mass is 16.5. The fraction of sp³-hybridized carbons (Fsp3) is 0.625. The van der Waals surface area contributed by atoms with E-state index < -0.39 is 6.10 Å². The van der Waals surface area contributed by atoms with Crippen LogP contribution in [0.4, 0.5) is 0 Å². The molecule has 0 radical (unpaired) electrons. The van der Waals surface area contributed by atoms with Crippen molar-refractivity contribution in [2.75, 3.05) is 41.3 Å². The van der Waals surface area contributed by atoms with Gasteiger partial charge in [-0.2, -0.15) is 10.1 Å². The van der Waals surface area contributed by atoms with E-state index in [1.807, 2.05) is 29.7 Å². The highest BCUT2D eigenvalue weighted by Crippen LogP contribution is 2.19. The molecule has 0 spiro atoms. The third-order valence-electron chi connectivity index (χ3n) is 4.20. The summed E-state index contributed by atoms with van der Waals surface area (Å²) in [4.78, 5) is 21.5. The van der Waals surface area contributed by atoms with Crippen molar-refractivity contribution in [2.45, 2.75) is 25.7 Å². The second-order valence-electron chi connectivity index (χ2n) is 6.99. The Morgan fingerprint density at radius 2 is 2.12 bits per heavy atom. The Kier molecular flexibility index (Phi) is 5.35. The lowest BCUT2D eigenvalue weighted by atomic mass is 10.2. The fourth-order valence-electron chi connectivity index (χ4n) is 2.88. The number of aromatic nitrogens is 4. The lowest BCUT2D eigenvalue weighted by Crippen LogP contribution is -2.33. The van der Waals surface area contributed by atoms with Crippen LogP contribution in [0.3, 0.4) is 0 Å². The van der Waals surface area contributed by atoms with E-state index in [4.69, 9.17) is 4.52 Å². The molecule has 1 atom stereocenters. The van der Waals surface area contributed by atoms with E-state index in [0.717, 1.165) is 18.8 Å². The molecule has 26 heavy (non-hydrogen) atoms. The third kappa shape index (κ3) is 4.09. The number of carbonyl (C=O) groups excluding carboxylic acids is 1. The molecule has 142 valence electrons. The zero-order valence-electron chi connectivity index (χ0n) is 15.6. The number of carbonyl (C=O) groups is 1. The maximum Gasteiger partial charge on any atom is 0.316 e. The van der Waals surface area contributed by atoms with E-state index in [-0.39, 0.29) is 11.8 Å². The summed E-state index contributed by atoms with van der Waals surface area (Å²) < 4.78 is 6.97. The number of likely N-dealkylation sites (N-methyl/N-ethyl adjacent to an activating group) is 1. The summed E-state index contributed by atoms with van der Waals surface area (Å²) in [6.45, 7) is 3.21. The normalized spacial score (nSPS) is 15.9. The van der Waals surface area contributed by atoms with Crippen LogP contribution in [0.2, 0.25) is 0 Å².